The van der Waals surface area contributed by atoms with Crippen molar-refractivity contribution in [1.82, 2.24) is 9.78 Å². The van der Waals surface area contributed by atoms with Gasteiger partial charge in [-0.05, 0) is 44.9 Å². The first-order valence-corrected chi connectivity index (χ1v) is 7.77. The SMILES string of the molecule is CC(C)c1cc(C(=O)OC(C)(C)C)n(-c2ccc(F)c([N+](=O)[O-])c2)n1. The second kappa shape index (κ2) is 6.62. The smallest absolute Gasteiger partial charge is 0.357 e. The van der Waals surface area contributed by atoms with Crippen LogP contribution in [-0.2, 0) is 4.74 Å². The molecule has 0 aliphatic carbocycles. The summed E-state index contributed by atoms with van der Waals surface area (Å²) < 4.78 is 20.2. The highest BCUT2D eigenvalue weighted by molar-refractivity contribution is 5.88. The average Bonchev–Trinajstić information content (AvgIpc) is 2.91. The molecule has 0 unspecified atom stereocenters. The van der Waals surface area contributed by atoms with Crippen LogP contribution < -0.4 is 0 Å². The van der Waals surface area contributed by atoms with E-state index in [9.17, 15) is 19.3 Å². The first-order chi connectivity index (χ1) is 11.5. The van der Waals surface area contributed by atoms with Crippen molar-refractivity contribution < 1.29 is 18.8 Å². The number of halogens is 1. The van der Waals surface area contributed by atoms with Gasteiger partial charge >= 0.3 is 11.7 Å². The Kier molecular flexibility index (Phi) is 4.92. The third-order valence-electron chi connectivity index (χ3n) is 3.30. The number of nitrogens with zero attached hydrogens (tertiary/aromatic N) is 3. The fraction of sp³-hybridized carbons (Fsp3) is 0.412. The Morgan fingerprint density at radius 3 is 2.48 bits per heavy atom. The van der Waals surface area contributed by atoms with Crippen LogP contribution in [0.3, 0.4) is 0 Å². The summed E-state index contributed by atoms with van der Waals surface area (Å²) in [5.74, 6) is -1.54. The number of nitro benzene ring substituents is 1. The van der Waals surface area contributed by atoms with Crippen molar-refractivity contribution in [3.8, 4) is 5.69 Å². The van der Waals surface area contributed by atoms with Gasteiger partial charge in [-0.25, -0.2) is 9.48 Å². The Morgan fingerprint density at radius 2 is 1.96 bits per heavy atom. The van der Waals surface area contributed by atoms with Gasteiger partial charge in [0.25, 0.3) is 0 Å². The lowest BCUT2D eigenvalue weighted by atomic mass is 10.1. The van der Waals surface area contributed by atoms with Gasteiger partial charge in [0.2, 0.25) is 5.82 Å². The third kappa shape index (κ3) is 4.20. The molecule has 134 valence electrons. The molecule has 2 rings (SSSR count). The van der Waals surface area contributed by atoms with Crippen LogP contribution in [0.1, 0.15) is 56.7 Å². The molecule has 0 bridgehead atoms. The lowest BCUT2D eigenvalue weighted by Crippen LogP contribution is -2.25. The fourth-order valence-electron chi connectivity index (χ4n) is 2.13. The number of hydrogen-bond donors (Lipinski definition) is 0. The molecule has 0 aliphatic rings. The highest BCUT2D eigenvalue weighted by Gasteiger charge is 2.25. The Morgan fingerprint density at radius 1 is 1.32 bits per heavy atom. The maximum absolute atomic E-state index is 13.6. The van der Waals surface area contributed by atoms with E-state index in [1.165, 1.54) is 10.7 Å². The van der Waals surface area contributed by atoms with Gasteiger partial charge in [-0.1, -0.05) is 13.8 Å². The van der Waals surface area contributed by atoms with Crippen molar-refractivity contribution in [2.24, 2.45) is 0 Å². The largest absolute Gasteiger partial charge is 0.455 e. The minimum Gasteiger partial charge on any atom is -0.455 e. The number of rotatable bonds is 4. The quantitative estimate of drug-likeness (QED) is 0.473. The first-order valence-electron chi connectivity index (χ1n) is 7.77. The highest BCUT2D eigenvalue weighted by atomic mass is 19.1. The molecule has 0 N–H and O–H groups in total. The predicted molar refractivity (Wildman–Crippen MR) is 89.4 cm³/mol. The van der Waals surface area contributed by atoms with Crippen LogP contribution in [0.15, 0.2) is 24.3 Å². The van der Waals surface area contributed by atoms with Gasteiger partial charge < -0.3 is 4.74 Å². The molecule has 0 amide bonds. The summed E-state index contributed by atoms with van der Waals surface area (Å²) in [6.45, 7) is 9.00. The van der Waals surface area contributed by atoms with Gasteiger partial charge in [-0.2, -0.15) is 9.49 Å². The second-order valence-corrected chi connectivity index (χ2v) is 6.92. The van der Waals surface area contributed by atoms with Crippen LogP contribution in [-0.4, -0.2) is 26.3 Å². The molecular formula is C17H20FN3O4. The summed E-state index contributed by atoms with van der Waals surface area (Å²) in [5.41, 5.74) is -0.443. The van der Waals surface area contributed by atoms with Gasteiger partial charge in [-0.3, -0.25) is 10.1 Å². The standard InChI is InChI=1S/C17H20FN3O4/c1-10(2)13-9-15(16(22)25-17(3,4)5)20(19-13)11-6-7-12(18)14(8-11)21(23)24/h6-10H,1-5H3. The van der Waals surface area contributed by atoms with E-state index < -0.39 is 28.0 Å². The van der Waals surface area contributed by atoms with Gasteiger partial charge in [0.1, 0.15) is 5.60 Å². The number of aromatic nitrogens is 2. The number of carbonyl (C=O) groups is 1. The molecule has 0 atom stereocenters. The Labute approximate surface area is 144 Å². The molecule has 1 aromatic carbocycles. The first kappa shape index (κ1) is 18.6. The molecule has 0 spiro atoms. The molecule has 0 saturated carbocycles. The molecule has 1 aromatic heterocycles. The number of hydrogen-bond acceptors (Lipinski definition) is 5. The van der Waals surface area contributed by atoms with E-state index >= 15 is 0 Å². The van der Waals surface area contributed by atoms with E-state index in [-0.39, 0.29) is 17.3 Å². The van der Waals surface area contributed by atoms with Crippen LogP contribution in [0.4, 0.5) is 10.1 Å². The lowest BCUT2D eigenvalue weighted by Gasteiger charge is -2.19. The van der Waals surface area contributed by atoms with Crippen LogP contribution in [0, 0.1) is 15.9 Å². The number of ether oxygens (including phenoxy) is 1. The third-order valence-corrected chi connectivity index (χ3v) is 3.30. The average molecular weight is 349 g/mol. The summed E-state index contributed by atoms with van der Waals surface area (Å²) in [4.78, 5) is 22.6. The zero-order valence-corrected chi connectivity index (χ0v) is 14.7. The van der Waals surface area contributed by atoms with Gasteiger partial charge in [0, 0.05) is 6.07 Å². The van der Waals surface area contributed by atoms with E-state index in [4.69, 9.17) is 4.74 Å². The van der Waals surface area contributed by atoms with E-state index in [1.807, 2.05) is 13.8 Å². The molecular weight excluding hydrogens is 329 g/mol. The number of carbonyl (C=O) groups excluding carboxylic acids is 1. The van der Waals surface area contributed by atoms with E-state index in [2.05, 4.69) is 5.10 Å². The predicted octanol–water partition coefficient (Wildman–Crippen LogP) is 4.00. The zero-order valence-electron chi connectivity index (χ0n) is 14.7. The van der Waals surface area contributed by atoms with Crippen molar-refractivity contribution in [2.45, 2.75) is 46.1 Å². The molecule has 0 radical (unpaired) electrons. The van der Waals surface area contributed by atoms with Crippen LogP contribution in [0.5, 0.6) is 0 Å². The van der Waals surface area contributed by atoms with E-state index in [0.29, 0.717) is 5.69 Å². The van der Waals surface area contributed by atoms with Gasteiger partial charge in [0.15, 0.2) is 5.69 Å². The van der Waals surface area contributed by atoms with Crippen LogP contribution in [0.2, 0.25) is 0 Å². The van der Waals surface area contributed by atoms with Gasteiger partial charge in [-0.15, -0.1) is 0 Å². The molecule has 1 heterocycles. The summed E-state index contributed by atoms with van der Waals surface area (Å²) >= 11 is 0. The Balaban J connectivity index is 2.58. The maximum Gasteiger partial charge on any atom is 0.357 e. The van der Waals surface area contributed by atoms with E-state index in [1.54, 1.807) is 26.8 Å². The number of esters is 1. The molecule has 0 aliphatic heterocycles. The summed E-state index contributed by atoms with van der Waals surface area (Å²) in [6, 6.07) is 4.92. The van der Waals surface area contributed by atoms with Crippen LogP contribution in [0.25, 0.3) is 5.69 Å². The van der Waals surface area contributed by atoms with Crippen LogP contribution >= 0.6 is 0 Å². The van der Waals surface area contributed by atoms with Crippen molar-refractivity contribution in [3.63, 3.8) is 0 Å². The molecule has 7 nitrogen and oxygen atoms in total. The van der Waals surface area contributed by atoms with Crippen molar-refractivity contribution in [1.29, 1.82) is 0 Å². The van der Waals surface area contributed by atoms with Crippen molar-refractivity contribution >= 4 is 11.7 Å². The zero-order chi connectivity index (χ0) is 18.9. The number of nitro groups is 1. The fourth-order valence-corrected chi connectivity index (χ4v) is 2.13. The molecule has 0 saturated heterocycles. The minimum atomic E-state index is -0.955. The Bertz CT molecular complexity index is 822. The molecule has 25 heavy (non-hydrogen) atoms. The monoisotopic (exact) mass is 349 g/mol. The molecule has 8 heteroatoms. The summed E-state index contributed by atoms with van der Waals surface area (Å²) in [7, 11) is 0. The minimum absolute atomic E-state index is 0.0258. The summed E-state index contributed by atoms with van der Waals surface area (Å²) in [6.07, 6.45) is 0. The Hall–Kier alpha value is -2.77. The highest BCUT2D eigenvalue weighted by Crippen LogP contribution is 2.25. The van der Waals surface area contributed by atoms with Gasteiger partial charge in [0.05, 0.1) is 16.3 Å². The molecule has 2 aromatic rings. The lowest BCUT2D eigenvalue weighted by molar-refractivity contribution is -0.387. The van der Waals surface area contributed by atoms with Crippen molar-refractivity contribution in [2.75, 3.05) is 0 Å². The second-order valence-electron chi connectivity index (χ2n) is 6.92. The maximum atomic E-state index is 13.6. The van der Waals surface area contributed by atoms with Crippen molar-refractivity contribution in [3.05, 3.63) is 51.6 Å². The normalized spacial score (nSPS) is 11.6. The molecule has 0 fully saturated rings. The summed E-state index contributed by atoms with van der Waals surface area (Å²) in [5, 5.41) is 15.3. The van der Waals surface area contributed by atoms with E-state index in [0.717, 1.165) is 12.1 Å². The number of benzene rings is 1. The topological polar surface area (TPSA) is 87.3 Å².